The number of fused-ring (bicyclic) bond motifs is 1. The zero-order valence-corrected chi connectivity index (χ0v) is 14.8. The lowest BCUT2D eigenvalue weighted by atomic mass is 10.1. The van der Waals surface area contributed by atoms with Crippen molar-refractivity contribution in [1.29, 1.82) is 0 Å². The summed E-state index contributed by atoms with van der Waals surface area (Å²) in [4.78, 5) is 21.3. The minimum Gasteiger partial charge on any atom is -0.350 e. The number of piperazine rings is 1. The Labute approximate surface area is 143 Å². The lowest BCUT2D eigenvalue weighted by Crippen LogP contribution is -2.51. The predicted octanol–water partition coefficient (Wildman–Crippen LogP) is 1.37. The molecular weight excluding hydrogens is 302 g/mol. The molecule has 1 fully saturated rings. The van der Waals surface area contributed by atoms with Gasteiger partial charge in [0.25, 0.3) is 0 Å². The second-order valence-electron chi connectivity index (χ2n) is 7.55. The summed E-state index contributed by atoms with van der Waals surface area (Å²) in [6.45, 7) is 11.2. The van der Waals surface area contributed by atoms with Crippen LogP contribution in [0.25, 0.3) is 5.65 Å². The van der Waals surface area contributed by atoms with Gasteiger partial charge in [0.15, 0.2) is 0 Å². The zero-order chi connectivity index (χ0) is 17.2. The summed E-state index contributed by atoms with van der Waals surface area (Å²) in [5.41, 5.74) is 1.92. The van der Waals surface area contributed by atoms with Crippen molar-refractivity contribution in [2.45, 2.75) is 32.9 Å². The van der Waals surface area contributed by atoms with Crippen LogP contribution in [0.15, 0.2) is 30.6 Å². The van der Waals surface area contributed by atoms with Gasteiger partial charge in [-0.3, -0.25) is 14.6 Å². The Morgan fingerprint density at radius 2 is 1.88 bits per heavy atom. The standard InChI is InChI=1S/C18H27N5O/c1-18(2,3)20-17(24)14-22-10-8-21(9-11-22)12-15-13-23-7-5-4-6-16(23)19-15/h4-7,13H,8-12,14H2,1-3H3,(H,20,24). The molecule has 1 amide bonds. The molecule has 0 aliphatic carbocycles. The molecule has 0 unspecified atom stereocenters. The van der Waals surface area contributed by atoms with Crippen LogP contribution < -0.4 is 5.32 Å². The third-order valence-corrected chi connectivity index (χ3v) is 4.15. The maximum absolute atomic E-state index is 12.0. The molecule has 0 aromatic carbocycles. The van der Waals surface area contributed by atoms with Crippen LogP contribution in [0.5, 0.6) is 0 Å². The molecule has 1 aliphatic heterocycles. The summed E-state index contributed by atoms with van der Waals surface area (Å²) in [6, 6.07) is 6.04. The molecule has 130 valence electrons. The average Bonchev–Trinajstić information content (AvgIpc) is 2.89. The molecule has 2 aromatic rings. The Hall–Kier alpha value is -1.92. The van der Waals surface area contributed by atoms with E-state index in [1.807, 2.05) is 45.2 Å². The quantitative estimate of drug-likeness (QED) is 0.920. The van der Waals surface area contributed by atoms with Crippen LogP contribution in [0.1, 0.15) is 26.5 Å². The Morgan fingerprint density at radius 3 is 2.54 bits per heavy atom. The van der Waals surface area contributed by atoms with E-state index in [1.165, 1.54) is 0 Å². The monoisotopic (exact) mass is 329 g/mol. The Bertz CT molecular complexity index is 662. The van der Waals surface area contributed by atoms with Gasteiger partial charge in [-0.1, -0.05) is 6.07 Å². The van der Waals surface area contributed by atoms with Crippen molar-refractivity contribution in [2.24, 2.45) is 0 Å². The maximum atomic E-state index is 12.0. The number of carbonyl (C=O) groups excluding carboxylic acids is 1. The van der Waals surface area contributed by atoms with Gasteiger partial charge in [-0.2, -0.15) is 0 Å². The zero-order valence-electron chi connectivity index (χ0n) is 14.8. The first-order valence-corrected chi connectivity index (χ1v) is 8.57. The van der Waals surface area contributed by atoms with Gasteiger partial charge >= 0.3 is 0 Å². The number of carbonyl (C=O) groups is 1. The first kappa shape index (κ1) is 16.9. The molecule has 24 heavy (non-hydrogen) atoms. The predicted molar refractivity (Wildman–Crippen MR) is 94.8 cm³/mol. The smallest absolute Gasteiger partial charge is 0.234 e. The van der Waals surface area contributed by atoms with Crippen molar-refractivity contribution in [3.8, 4) is 0 Å². The number of nitrogens with one attached hydrogen (secondary N) is 1. The highest BCUT2D eigenvalue weighted by atomic mass is 16.2. The minimum atomic E-state index is -0.165. The van der Waals surface area contributed by atoms with E-state index in [-0.39, 0.29) is 11.4 Å². The number of hydrogen-bond donors (Lipinski definition) is 1. The van der Waals surface area contributed by atoms with Crippen molar-refractivity contribution >= 4 is 11.6 Å². The van der Waals surface area contributed by atoms with Crippen LogP contribution in [-0.2, 0) is 11.3 Å². The highest BCUT2D eigenvalue weighted by Crippen LogP contribution is 2.10. The molecule has 3 rings (SSSR count). The molecule has 0 radical (unpaired) electrons. The molecule has 0 bridgehead atoms. The first-order valence-electron chi connectivity index (χ1n) is 8.57. The third kappa shape index (κ3) is 4.55. The lowest BCUT2D eigenvalue weighted by Gasteiger charge is -2.34. The highest BCUT2D eigenvalue weighted by Gasteiger charge is 2.21. The van der Waals surface area contributed by atoms with Gasteiger partial charge in [0, 0.05) is 50.7 Å². The van der Waals surface area contributed by atoms with Gasteiger partial charge < -0.3 is 9.72 Å². The number of nitrogens with zero attached hydrogens (tertiary/aromatic N) is 4. The number of rotatable bonds is 4. The van der Waals surface area contributed by atoms with Crippen LogP contribution in [0.2, 0.25) is 0 Å². The Morgan fingerprint density at radius 1 is 1.17 bits per heavy atom. The van der Waals surface area contributed by atoms with Gasteiger partial charge in [0.1, 0.15) is 5.65 Å². The van der Waals surface area contributed by atoms with E-state index in [4.69, 9.17) is 0 Å². The van der Waals surface area contributed by atoms with Gasteiger partial charge in [0.2, 0.25) is 5.91 Å². The number of aromatic nitrogens is 2. The number of imidazole rings is 1. The Kier molecular flexibility index (Phi) is 4.87. The second-order valence-corrected chi connectivity index (χ2v) is 7.55. The topological polar surface area (TPSA) is 52.9 Å². The van der Waals surface area contributed by atoms with Crippen molar-refractivity contribution in [3.63, 3.8) is 0 Å². The fourth-order valence-electron chi connectivity index (χ4n) is 3.06. The SMILES string of the molecule is CC(C)(C)NC(=O)CN1CCN(Cc2cn3ccccc3n2)CC1. The fourth-order valence-corrected chi connectivity index (χ4v) is 3.06. The number of amides is 1. The highest BCUT2D eigenvalue weighted by molar-refractivity contribution is 5.78. The van der Waals surface area contributed by atoms with E-state index < -0.39 is 0 Å². The summed E-state index contributed by atoms with van der Waals surface area (Å²) < 4.78 is 2.06. The van der Waals surface area contributed by atoms with Crippen LogP contribution >= 0.6 is 0 Å². The summed E-state index contributed by atoms with van der Waals surface area (Å²) in [5.74, 6) is 0.108. The molecule has 1 N–H and O–H groups in total. The van der Waals surface area contributed by atoms with Crippen LogP contribution in [-0.4, -0.2) is 63.4 Å². The molecule has 1 aliphatic rings. The summed E-state index contributed by atoms with van der Waals surface area (Å²) in [7, 11) is 0. The van der Waals surface area contributed by atoms with Crippen molar-refractivity contribution in [2.75, 3.05) is 32.7 Å². The van der Waals surface area contributed by atoms with Gasteiger partial charge in [-0.25, -0.2) is 4.98 Å². The fraction of sp³-hybridized carbons (Fsp3) is 0.556. The van der Waals surface area contributed by atoms with Gasteiger partial charge in [-0.05, 0) is 32.9 Å². The lowest BCUT2D eigenvalue weighted by molar-refractivity contribution is -0.124. The molecule has 3 heterocycles. The van der Waals surface area contributed by atoms with E-state index >= 15 is 0 Å². The minimum absolute atomic E-state index is 0.108. The molecule has 0 spiro atoms. The first-order chi connectivity index (χ1) is 11.4. The number of hydrogen-bond acceptors (Lipinski definition) is 4. The van der Waals surface area contributed by atoms with Crippen molar-refractivity contribution in [3.05, 3.63) is 36.3 Å². The number of pyridine rings is 1. The van der Waals surface area contributed by atoms with Crippen molar-refractivity contribution < 1.29 is 4.79 Å². The molecular formula is C18H27N5O. The maximum Gasteiger partial charge on any atom is 0.234 e. The summed E-state index contributed by atoms with van der Waals surface area (Å²) in [6.07, 6.45) is 4.12. The van der Waals surface area contributed by atoms with Gasteiger partial charge in [-0.15, -0.1) is 0 Å². The average molecular weight is 329 g/mol. The molecule has 0 saturated carbocycles. The van der Waals surface area contributed by atoms with E-state index in [9.17, 15) is 4.79 Å². The van der Waals surface area contributed by atoms with E-state index in [2.05, 4.69) is 30.7 Å². The molecule has 1 saturated heterocycles. The van der Waals surface area contributed by atoms with Crippen LogP contribution in [0.3, 0.4) is 0 Å². The third-order valence-electron chi connectivity index (χ3n) is 4.15. The van der Waals surface area contributed by atoms with Crippen LogP contribution in [0.4, 0.5) is 0 Å². The molecule has 2 aromatic heterocycles. The molecule has 6 nitrogen and oxygen atoms in total. The normalized spacial score (nSPS) is 17.3. The summed E-state index contributed by atoms with van der Waals surface area (Å²) >= 11 is 0. The van der Waals surface area contributed by atoms with E-state index in [1.54, 1.807) is 0 Å². The van der Waals surface area contributed by atoms with Gasteiger partial charge in [0.05, 0.1) is 12.2 Å². The molecule has 6 heteroatoms. The molecule has 0 atom stereocenters. The Balaban J connectivity index is 1.47. The second kappa shape index (κ2) is 6.91. The van der Waals surface area contributed by atoms with E-state index in [0.29, 0.717) is 6.54 Å². The summed E-state index contributed by atoms with van der Waals surface area (Å²) in [5, 5.41) is 3.03. The van der Waals surface area contributed by atoms with E-state index in [0.717, 1.165) is 44.1 Å². The van der Waals surface area contributed by atoms with Crippen LogP contribution in [0, 0.1) is 0 Å². The van der Waals surface area contributed by atoms with Crippen molar-refractivity contribution in [1.82, 2.24) is 24.5 Å². The largest absolute Gasteiger partial charge is 0.350 e.